The van der Waals surface area contributed by atoms with E-state index in [0.29, 0.717) is 11.1 Å². The Labute approximate surface area is 95.8 Å². The molecule has 0 aliphatic heterocycles. The molecule has 1 aliphatic carbocycles. The summed E-state index contributed by atoms with van der Waals surface area (Å²) >= 11 is 6.21. The Bertz CT molecular complexity index is 340. The molecule has 0 spiro atoms. The van der Waals surface area contributed by atoms with Crippen LogP contribution in [0.5, 0.6) is 0 Å². The molecule has 1 fully saturated rings. The van der Waals surface area contributed by atoms with Gasteiger partial charge >= 0.3 is 0 Å². The van der Waals surface area contributed by atoms with Crippen LogP contribution in [-0.2, 0) is 13.6 Å². The highest BCUT2D eigenvalue weighted by Crippen LogP contribution is 2.37. The molecule has 0 amide bonds. The van der Waals surface area contributed by atoms with Crippen LogP contribution in [0.15, 0.2) is 0 Å². The molecule has 0 bridgehead atoms. The maximum Gasteiger partial charge on any atom is 0.150 e. The first-order valence-electron chi connectivity index (χ1n) is 5.59. The van der Waals surface area contributed by atoms with Crippen molar-refractivity contribution in [2.75, 3.05) is 7.05 Å². The average Bonchev–Trinajstić information content (AvgIpc) is 2.77. The number of nitrogens with one attached hydrogen (secondary N) is 1. The summed E-state index contributed by atoms with van der Waals surface area (Å²) < 4.78 is 2.16. The molecule has 1 aromatic heterocycles. The molecule has 15 heavy (non-hydrogen) atoms. The van der Waals surface area contributed by atoms with Gasteiger partial charge in [0.05, 0.1) is 12.2 Å². The Morgan fingerprint density at radius 2 is 2.13 bits per heavy atom. The van der Waals surface area contributed by atoms with Crippen LogP contribution in [0.25, 0.3) is 0 Å². The quantitative estimate of drug-likeness (QED) is 0.860. The highest BCUT2D eigenvalue weighted by molar-refractivity contribution is 6.30. The number of imidazole rings is 1. The maximum absolute atomic E-state index is 6.21. The van der Waals surface area contributed by atoms with E-state index in [1.807, 2.05) is 7.05 Å². The van der Waals surface area contributed by atoms with Crippen LogP contribution >= 0.6 is 11.6 Å². The van der Waals surface area contributed by atoms with Gasteiger partial charge in [-0.2, -0.15) is 0 Å². The van der Waals surface area contributed by atoms with Crippen molar-refractivity contribution < 1.29 is 0 Å². The Morgan fingerprint density at radius 1 is 1.47 bits per heavy atom. The Hall–Kier alpha value is -0.540. The van der Waals surface area contributed by atoms with Crippen LogP contribution in [0.4, 0.5) is 0 Å². The number of hydrogen-bond donors (Lipinski definition) is 1. The number of rotatable bonds is 3. The topological polar surface area (TPSA) is 29.9 Å². The second kappa shape index (κ2) is 4.54. The molecular formula is C11H18ClN3. The van der Waals surface area contributed by atoms with Crippen molar-refractivity contribution in [3.05, 3.63) is 16.7 Å². The van der Waals surface area contributed by atoms with Gasteiger partial charge in [0.1, 0.15) is 5.82 Å². The van der Waals surface area contributed by atoms with Gasteiger partial charge in [0.15, 0.2) is 5.15 Å². The minimum absolute atomic E-state index is 0.626. The monoisotopic (exact) mass is 227 g/mol. The minimum atomic E-state index is 0.626. The molecule has 0 radical (unpaired) electrons. The van der Waals surface area contributed by atoms with Crippen molar-refractivity contribution >= 4 is 11.6 Å². The van der Waals surface area contributed by atoms with Crippen LogP contribution in [0.2, 0.25) is 5.15 Å². The molecule has 1 N–H and O–H groups in total. The van der Waals surface area contributed by atoms with Gasteiger partial charge in [0, 0.05) is 13.0 Å². The Kier molecular flexibility index (Phi) is 3.32. The van der Waals surface area contributed by atoms with Crippen molar-refractivity contribution in [3.63, 3.8) is 0 Å². The lowest BCUT2D eigenvalue weighted by Gasteiger charge is -2.11. The first-order chi connectivity index (χ1) is 7.24. The van der Waals surface area contributed by atoms with E-state index in [0.717, 1.165) is 12.4 Å². The molecule has 0 aromatic carbocycles. The van der Waals surface area contributed by atoms with E-state index in [4.69, 9.17) is 11.6 Å². The summed E-state index contributed by atoms with van der Waals surface area (Å²) in [4.78, 5) is 4.41. The SMILES string of the molecule is CNCc1nc(Cl)c(C2CCCC2)n1C. The average molecular weight is 228 g/mol. The molecule has 1 aliphatic rings. The zero-order valence-electron chi connectivity index (χ0n) is 9.39. The summed E-state index contributed by atoms with van der Waals surface area (Å²) in [6, 6.07) is 0. The van der Waals surface area contributed by atoms with E-state index >= 15 is 0 Å². The first-order valence-corrected chi connectivity index (χ1v) is 5.97. The fourth-order valence-corrected chi connectivity index (χ4v) is 2.86. The van der Waals surface area contributed by atoms with Crippen LogP contribution in [0.1, 0.15) is 43.1 Å². The van der Waals surface area contributed by atoms with Crippen molar-refractivity contribution in [1.29, 1.82) is 0 Å². The van der Waals surface area contributed by atoms with E-state index in [-0.39, 0.29) is 0 Å². The van der Waals surface area contributed by atoms with Crippen LogP contribution in [0.3, 0.4) is 0 Å². The molecule has 2 rings (SSSR count). The van der Waals surface area contributed by atoms with Crippen LogP contribution in [0, 0.1) is 0 Å². The van der Waals surface area contributed by atoms with E-state index < -0.39 is 0 Å². The third kappa shape index (κ3) is 2.04. The van der Waals surface area contributed by atoms with Gasteiger partial charge < -0.3 is 9.88 Å². The van der Waals surface area contributed by atoms with Crippen molar-refractivity contribution in [2.24, 2.45) is 7.05 Å². The van der Waals surface area contributed by atoms with Gasteiger partial charge in [-0.05, 0) is 19.9 Å². The molecule has 84 valence electrons. The predicted octanol–water partition coefficient (Wildman–Crippen LogP) is 2.45. The van der Waals surface area contributed by atoms with E-state index in [1.54, 1.807) is 0 Å². The molecular weight excluding hydrogens is 210 g/mol. The van der Waals surface area contributed by atoms with Crippen LogP contribution < -0.4 is 5.32 Å². The van der Waals surface area contributed by atoms with Crippen LogP contribution in [-0.4, -0.2) is 16.6 Å². The van der Waals surface area contributed by atoms with Gasteiger partial charge in [-0.15, -0.1) is 0 Å². The van der Waals surface area contributed by atoms with E-state index in [2.05, 4.69) is 21.9 Å². The number of nitrogens with zero attached hydrogens (tertiary/aromatic N) is 2. The molecule has 0 unspecified atom stereocenters. The lowest BCUT2D eigenvalue weighted by molar-refractivity contribution is 0.628. The van der Waals surface area contributed by atoms with Gasteiger partial charge in [0.25, 0.3) is 0 Å². The zero-order chi connectivity index (χ0) is 10.8. The first kappa shape index (κ1) is 11.0. The van der Waals surface area contributed by atoms with Gasteiger partial charge in [-0.25, -0.2) is 4.98 Å². The summed E-state index contributed by atoms with van der Waals surface area (Å²) in [5, 5.41) is 3.82. The summed E-state index contributed by atoms with van der Waals surface area (Å²) in [7, 11) is 4.00. The van der Waals surface area contributed by atoms with Gasteiger partial charge in [-0.3, -0.25) is 0 Å². The number of halogens is 1. The smallest absolute Gasteiger partial charge is 0.150 e. The van der Waals surface area contributed by atoms with E-state index in [1.165, 1.54) is 31.4 Å². The van der Waals surface area contributed by atoms with E-state index in [9.17, 15) is 0 Å². The molecule has 0 atom stereocenters. The Balaban J connectivity index is 2.29. The molecule has 1 aromatic rings. The third-order valence-electron chi connectivity index (χ3n) is 3.26. The number of hydrogen-bond acceptors (Lipinski definition) is 2. The lowest BCUT2D eigenvalue weighted by atomic mass is 10.1. The summed E-state index contributed by atoms with van der Waals surface area (Å²) in [5.74, 6) is 1.66. The second-order valence-electron chi connectivity index (χ2n) is 4.27. The molecule has 3 nitrogen and oxygen atoms in total. The highest BCUT2D eigenvalue weighted by atomic mass is 35.5. The zero-order valence-corrected chi connectivity index (χ0v) is 10.1. The minimum Gasteiger partial charge on any atom is -0.332 e. The predicted molar refractivity (Wildman–Crippen MR) is 62.2 cm³/mol. The standard InChI is InChI=1S/C11H18ClN3/c1-13-7-9-14-11(12)10(15(9)2)8-5-3-4-6-8/h8,13H,3-7H2,1-2H3. The maximum atomic E-state index is 6.21. The summed E-state index contributed by atoms with van der Waals surface area (Å²) in [6.07, 6.45) is 5.18. The number of aromatic nitrogens is 2. The largest absolute Gasteiger partial charge is 0.332 e. The molecule has 0 saturated heterocycles. The Morgan fingerprint density at radius 3 is 2.73 bits per heavy atom. The normalized spacial score (nSPS) is 17.5. The lowest BCUT2D eigenvalue weighted by Crippen LogP contribution is -2.12. The second-order valence-corrected chi connectivity index (χ2v) is 4.63. The summed E-state index contributed by atoms with van der Waals surface area (Å²) in [6.45, 7) is 0.781. The van der Waals surface area contributed by atoms with Crippen molar-refractivity contribution in [1.82, 2.24) is 14.9 Å². The summed E-state index contributed by atoms with van der Waals surface area (Å²) in [5.41, 5.74) is 1.24. The molecule has 1 saturated carbocycles. The fourth-order valence-electron chi connectivity index (χ4n) is 2.48. The van der Waals surface area contributed by atoms with Crippen molar-refractivity contribution in [3.8, 4) is 0 Å². The van der Waals surface area contributed by atoms with Gasteiger partial charge in [0.2, 0.25) is 0 Å². The highest BCUT2D eigenvalue weighted by Gasteiger charge is 2.24. The molecule has 4 heteroatoms. The fraction of sp³-hybridized carbons (Fsp3) is 0.727. The van der Waals surface area contributed by atoms with Gasteiger partial charge in [-0.1, -0.05) is 24.4 Å². The third-order valence-corrected chi connectivity index (χ3v) is 3.54. The molecule has 1 heterocycles. The van der Waals surface area contributed by atoms with Crippen molar-refractivity contribution in [2.45, 2.75) is 38.1 Å².